The van der Waals surface area contributed by atoms with Crippen LogP contribution in [0, 0.1) is 11.3 Å². The predicted octanol–water partition coefficient (Wildman–Crippen LogP) is 18.6. The number of aromatic carboxylic acids is 1. The highest BCUT2D eigenvalue weighted by atomic mass is 16.5. The molecule has 12 aromatic rings. The predicted molar refractivity (Wildman–Crippen MR) is 416 cm³/mol. The summed E-state index contributed by atoms with van der Waals surface area (Å²) in [7, 11) is 2.89. The van der Waals surface area contributed by atoms with Crippen molar-refractivity contribution in [1.29, 1.82) is 5.26 Å². The number of ether oxygens (including phenoxy) is 3. The number of rotatable bonds is 8. The average Bonchev–Trinajstić information content (AvgIpc) is 1.58. The lowest BCUT2D eigenvalue weighted by Gasteiger charge is -2.25. The number of carboxylic acids is 1. The second-order valence-corrected chi connectivity index (χ2v) is 29.7. The summed E-state index contributed by atoms with van der Waals surface area (Å²) in [4.78, 5) is 36.5. The molecule has 3 radical (unpaired) electrons. The molecule has 0 amide bonds. The Morgan fingerprint density at radius 3 is 1.15 bits per heavy atom. The molecule has 6 aromatic heterocycles. The molecule has 6 aromatic carbocycles. The highest BCUT2D eigenvalue weighted by Gasteiger charge is 2.34. The fourth-order valence-corrected chi connectivity index (χ4v) is 19.2. The van der Waals surface area contributed by atoms with Gasteiger partial charge in [0, 0.05) is 158 Å². The van der Waals surface area contributed by atoms with Gasteiger partial charge in [-0.1, -0.05) is 131 Å². The molecule has 533 valence electrons. The van der Waals surface area contributed by atoms with Crippen LogP contribution in [-0.2, 0) is 66.6 Å². The van der Waals surface area contributed by atoms with E-state index in [-0.39, 0.29) is 20.4 Å². The van der Waals surface area contributed by atoms with Gasteiger partial charge in [-0.3, -0.25) is 0 Å². The van der Waals surface area contributed by atoms with Crippen molar-refractivity contribution in [2.24, 2.45) is 11.5 Å². The van der Waals surface area contributed by atoms with Gasteiger partial charge >= 0.3 is 17.9 Å². The Kier molecular flexibility index (Phi) is 20.4. The van der Waals surface area contributed by atoms with Crippen molar-refractivity contribution in [2.45, 2.75) is 199 Å². The zero-order chi connectivity index (χ0) is 70.4. The average molecular weight is 1390 g/mol. The van der Waals surface area contributed by atoms with Gasteiger partial charge in [-0.15, -0.1) is 0 Å². The van der Waals surface area contributed by atoms with Crippen LogP contribution in [0.25, 0.3) is 99.2 Å². The molecule has 16 nitrogen and oxygen atoms in total. The lowest BCUT2D eigenvalue weighted by atomic mass is 9.81. The Hall–Kier alpha value is -9.60. The Labute approximate surface area is 610 Å². The van der Waals surface area contributed by atoms with Crippen molar-refractivity contribution in [2.75, 3.05) is 27.4 Å². The molecule has 17 heteroatoms. The molecular formula is C87H95BN9O7. The van der Waals surface area contributed by atoms with E-state index in [0.29, 0.717) is 47.5 Å². The van der Waals surface area contributed by atoms with Gasteiger partial charge in [0.2, 0.25) is 0 Å². The molecule has 1 saturated heterocycles. The number of carbonyl (C=O) groups is 3. The van der Waals surface area contributed by atoms with Gasteiger partial charge in [0.15, 0.2) is 0 Å². The molecule has 3 aliphatic carbocycles. The molecule has 4 aliphatic heterocycles. The molecule has 7 aliphatic rings. The SMILES string of the molecule is C1CCOC1.COC(=O)c1ccc2c(C3CCCCC3)c3n(c2c1)CCCn1cc(C#N)c2cccc-3c21.COC(=O)c1ccc2c(C3CCCCC3)c3n(c2c1)CCCn1cc(CN)c2cccc-3c21.NCc1cn2c3c(cccc13)-c1c(C3CCCCC3)c3ccc(C(=O)O)cc3n1CCC2.[B]. The fraction of sp³-hybridized carbons (Fsp3) is 0.402. The molecule has 0 bridgehead atoms. The van der Waals surface area contributed by atoms with Gasteiger partial charge in [-0.05, 0) is 153 Å². The summed E-state index contributed by atoms with van der Waals surface area (Å²) < 4.78 is 29.4. The molecule has 4 fully saturated rings. The monoisotopic (exact) mass is 1390 g/mol. The number of aromatic nitrogens is 6. The minimum absolute atomic E-state index is 0. The summed E-state index contributed by atoms with van der Waals surface area (Å²) in [6.07, 6.45) is 30.9. The summed E-state index contributed by atoms with van der Waals surface area (Å²) in [5, 5.41) is 26.7. The zero-order valence-corrected chi connectivity index (χ0v) is 60.3. The standard InChI is InChI=1S/C28H31N3O2.C28H27N3O2.C27H29N3O2.C4H8O.B/c2*1-33-28(32)19-11-12-22-24(15-19)31-14-6-13-30-17-20(16-29)21-9-5-10-23(26(21)30)27(31)25(22)18-7-3-2-4-8-18;28-15-19-16-29-12-5-13-30-23-14-18(27(31)32)10-11-21(23)24(17-6-2-1-3-7-17)26(30)22-9-4-8-20(19)25(22)29;1-2-4-5-3-1;/h5,9-12,15,17-18H,2-4,6-8,13-14,16,29H2,1H3;5,9-12,15,17-18H,2-4,6-8,13-14H2,1H3;4,8-11,14,16-17H,1-3,5-7,12-13,15,28H2,(H,31,32);1-4H2;. The number of carboxylic acid groups (broad SMARTS) is 1. The zero-order valence-electron chi connectivity index (χ0n) is 60.3. The lowest BCUT2D eigenvalue weighted by Crippen LogP contribution is -2.11. The first-order chi connectivity index (χ1) is 50.6. The topological polar surface area (TPSA) is 205 Å². The second kappa shape index (κ2) is 30.2. The van der Waals surface area contributed by atoms with E-state index in [1.165, 1.54) is 223 Å². The second-order valence-electron chi connectivity index (χ2n) is 29.7. The number of methoxy groups -OCH3 is 2. The van der Waals surface area contributed by atoms with Crippen molar-refractivity contribution >= 4 is 91.7 Å². The normalized spacial score (nSPS) is 16.7. The van der Waals surface area contributed by atoms with Crippen LogP contribution >= 0.6 is 0 Å². The van der Waals surface area contributed by atoms with Crippen molar-refractivity contribution in [1.82, 2.24) is 27.4 Å². The van der Waals surface area contributed by atoms with Crippen molar-refractivity contribution in [3.05, 3.63) is 178 Å². The molecule has 5 N–H and O–H groups in total. The molecule has 10 heterocycles. The van der Waals surface area contributed by atoms with Gasteiger partial charge < -0.3 is 58.2 Å². The van der Waals surface area contributed by atoms with E-state index < -0.39 is 5.97 Å². The van der Waals surface area contributed by atoms with Crippen molar-refractivity contribution in [3.8, 4) is 39.8 Å². The number of nitrogens with zero attached hydrogens (tertiary/aromatic N) is 7. The van der Waals surface area contributed by atoms with Gasteiger partial charge in [0.1, 0.15) is 6.07 Å². The number of aryl methyl sites for hydroxylation is 6. The molecule has 3 saturated carbocycles. The summed E-state index contributed by atoms with van der Waals surface area (Å²) in [5.41, 5.74) is 36.0. The number of carbonyl (C=O) groups excluding carboxylic acids is 2. The molecule has 0 spiro atoms. The van der Waals surface area contributed by atoms with Gasteiger partial charge in [0.25, 0.3) is 0 Å². The first-order valence-corrected chi connectivity index (χ1v) is 38.2. The highest BCUT2D eigenvalue weighted by molar-refractivity contribution is 6.07. The van der Waals surface area contributed by atoms with Gasteiger partial charge in [0.05, 0.1) is 70.1 Å². The minimum atomic E-state index is -0.865. The summed E-state index contributed by atoms with van der Waals surface area (Å²) in [6, 6.07) is 39.9. The Morgan fingerprint density at radius 1 is 0.452 bits per heavy atom. The number of benzene rings is 6. The maximum atomic E-state index is 12.4. The van der Waals surface area contributed by atoms with Gasteiger partial charge in [-0.2, -0.15) is 5.26 Å². The van der Waals surface area contributed by atoms with Crippen LogP contribution in [-0.4, -0.2) is 86.3 Å². The number of esters is 2. The fourth-order valence-electron chi connectivity index (χ4n) is 19.2. The van der Waals surface area contributed by atoms with Crippen molar-refractivity contribution < 1.29 is 33.7 Å². The third-order valence-electron chi connectivity index (χ3n) is 23.8. The molecule has 0 unspecified atom stereocenters. The summed E-state index contributed by atoms with van der Waals surface area (Å²) in [5.74, 6) is 0.137. The smallest absolute Gasteiger partial charge is 0.337 e. The number of fused-ring (bicyclic) bond motifs is 12. The number of nitriles is 1. The summed E-state index contributed by atoms with van der Waals surface area (Å²) >= 11 is 0. The van der Waals surface area contributed by atoms with E-state index in [1.54, 1.807) is 6.07 Å². The number of nitrogens with two attached hydrogens (primary N) is 2. The van der Waals surface area contributed by atoms with E-state index in [2.05, 4.69) is 119 Å². The lowest BCUT2D eigenvalue weighted by molar-refractivity contribution is 0.0592. The maximum absolute atomic E-state index is 12.4. The van der Waals surface area contributed by atoms with E-state index in [4.69, 9.17) is 25.7 Å². The number of hydrogen-bond donors (Lipinski definition) is 3. The Balaban J connectivity index is 0.000000121. The van der Waals surface area contributed by atoms with Gasteiger partial charge in [-0.25, -0.2) is 14.4 Å². The third kappa shape index (κ3) is 12.5. The molecule has 104 heavy (non-hydrogen) atoms. The third-order valence-corrected chi connectivity index (χ3v) is 23.8. The van der Waals surface area contributed by atoms with Crippen LogP contribution in [0.3, 0.4) is 0 Å². The van der Waals surface area contributed by atoms with E-state index in [1.807, 2.05) is 36.5 Å². The first kappa shape index (κ1) is 70.1. The van der Waals surface area contributed by atoms with Crippen LogP contribution in [0.4, 0.5) is 0 Å². The quantitative estimate of drug-likeness (QED) is 0.0969. The Morgan fingerprint density at radius 2 is 0.808 bits per heavy atom. The van der Waals surface area contributed by atoms with Crippen LogP contribution in [0.5, 0.6) is 0 Å². The van der Waals surface area contributed by atoms with Crippen LogP contribution < -0.4 is 11.5 Å². The number of hydrogen-bond acceptors (Lipinski definition) is 9. The first-order valence-electron chi connectivity index (χ1n) is 38.2. The molecular weight excluding hydrogens is 1290 g/mol. The van der Waals surface area contributed by atoms with Crippen LogP contribution in [0.2, 0.25) is 0 Å². The maximum Gasteiger partial charge on any atom is 0.337 e. The van der Waals surface area contributed by atoms with E-state index in [0.717, 1.165) is 105 Å². The van der Waals surface area contributed by atoms with E-state index >= 15 is 0 Å². The van der Waals surface area contributed by atoms with Crippen LogP contribution in [0.15, 0.2) is 128 Å². The molecule has 0 atom stereocenters. The van der Waals surface area contributed by atoms with Crippen molar-refractivity contribution in [3.63, 3.8) is 0 Å². The highest BCUT2D eigenvalue weighted by Crippen LogP contribution is 2.51. The van der Waals surface area contributed by atoms with E-state index in [9.17, 15) is 24.8 Å². The Bertz CT molecular complexity index is 5290. The summed E-state index contributed by atoms with van der Waals surface area (Å²) in [6.45, 7) is 8.53. The number of para-hydroxylation sites is 3. The van der Waals surface area contributed by atoms with Crippen LogP contribution in [0.1, 0.15) is 211 Å². The largest absolute Gasteiger partial charge is 0.478 e. The molecule has 19 rings (SSSR count). The minimum Gasteiger partial charge on any atom is -0.478 e.